The lowest BCUT2D eigenvalue weighted by molar-refractivity contribution is 0.0464. The van der Waals surface area contributed by atoms with Crippen molar-refractivity contribution in [2.45, 2.75) is 13.5 Å². The Bertz CT molecular complexity index is 1130. The fourth-order valence-electron chi connectivity index (χ4n) is 2.59. The number of para-hydroxylation sites is 1. The number of aryl methyl sites for hydroxylation is 1. The average molecular weight is 409 g/mol. The van der Waals surface area contributed by atoms with Gasteiger partial charge < -0.3 is 14.5 Å². The molecule has 146 valence electrons. The molecular weight excluding hydrogens is 394 g/mol. The average Bonchev–Trinajstić information content (AvgIpc) is 3.48. The van der Waals surface area contributed by atoms with Crippen LogP contribution in [0.15, 0.2) is 59.2 Å². The van der Waals surface area contributed by atoms with Gasteiger partial charge in [0.2, 0.25) is 0 Å². The second-order valence-electron chi connectivity index (χ2n) is 5.97. The van der Waals surface area contributed by atoms with Gasteiger partial charge in [-0.1, -0.05) is 18.2 Å². The van der Waals surface area contributed by atoms with Crippen LogP contribution in [-0.4, -0.2) is 32.1 Å². The van der Waals surface area contributed by atoms with Crippen LogP contribution < -0.4 is 5.32 Å². The Kier molecular flexibility index (Phi) is 5.16. The minimum atomic E-state index is -0.520. The third-order valence-electron chi connectivity index (χ3n) is 3.95. The molecule has 0 atom stereocenters. The van der Waals surface area contributed by atoms with Gasteiger partial charge in [-0.3, -0.25) is 4.79 Å². The van der Waals surface area contributed by atoms with Gasteiger partial charge in [-0.25, -0.2) is 4.79 Å². The molecule has 3 heterocycles. The number of hydrogen-bond acceptors (Lipinski definition) is 8. The van der Waals surface area contributed by atoms with Crippen molar-refractivity contribution >= 4 is 28.2 Å². The highest BCUT2D eigenvalue weighted by atomic mass is 32.1. The molecular formula is C19H15N5O4S. The van der Waals surface area contributed by atoms with Crippen molar-refractivity contribution in [2.75, 3.05) is 5.32 Å². The maximum Gasteiger partial charge on any atom is 0.349 e. The number of nitrogens with zero attached hydrogens (tertiary/aromatic N) is 4. The van der Waals surface area contributed by atoms with Gasteiger partial charge in [0.15, 0.2) is 18.2 Å². The van der Waals surface area contributed by atoms with Crippen molar-refractivity contribution in [3.05, 3.63) is 76.8 Å². The fourth-order valence-corrected chi connectivity index (χ4v) is 3.55. The number of rotatable bonds is 6. The number of carbonyl (C=O) groups excluding carboxylic acids is 2. The molecule has 1 aromatic carbocycles. The molecule has 0 saturated heterocycles. The molecule has 0 fully saturated rings. The molecule has 0 radical (unpaired) electrons. The number of aromatic nitrogens is 4. The summed E-state index contributed by atoms with van der Waals surface area (Å²) in [7, 11) is 0. The predicted molar refractivity (Wildman–Crippen MR) is 104 cm³/mol. The van der Waals surface area contributed by atoms with E-state index in [1.165, 1.54) is 10.9 Å². The Labute approximate surface area is 168 Å². The van der Waals surface area contributed by atoms with E-state index in [1.54, 1.807) is 25.1 Å². The Morgan fingerprint density at radius 3 is 2.79 bits per heavy atom. The third-order valence-corrected chi connectivity index (χ3v) is 5.08. The number of carbonyl (C=O) groups is 2. The molecule has 1 amide bonds. The van der Waals surface area contributed by atoms with Crippen LogP contribution >= 0.6 is 11.3 Å². The van der Waals surface area contributed by atoms with Gasteiger partial charge in [-0.05, 0) is 53.2 Å². The lowest BCUT2D eigenvalue weighted by Gasteiger charge is -2.05. The number of esters is 1. The van der Waals surface area contributed by atoms with E-state index in [0.29, 0.717) is 21.3 Å². The molecule has 4 aromatic rings. The lowest BCUT2D eigenvalue weighted by Crippen LogP contribution is -2.10. The standard InChI is InChI=1S/C19H15N5O4S/c1-12-10-16(20-18(25)14-8-5-9-27-14)29-17(12)19(26)28-11-15-21-22-23-24(15)13-6-3-2-4-7-13/h2-10H,11H2,1H3,(H,20,25). The van der Waals surface area contributed by atoms with Crippen LogP contribution in [0.5, 0.6) is 0 Å². The summed E-state index contributed by atoms with van der Waals surface area (Å²) in [6.07, 6.45) is 1.42. The molecule has 0 aliphatic rings. The molecule has 0 aliphatic heterocycles. The number of furan rings is 1. The summed E-state index contributed by atoms with van der Waals surface area (Å²) in [5.74, 6) is -0.329. The number of hydrogen-bond donors (Lipinski definition) is 1. The zero-order chi connectivity index (χ0) is 20.2. The normalized spacial score (nSPS) is 10.7. The van der Waals surface area contributed by atoms with E-state index >= 15 is 0 Å². The van der Waals surface area contributed by atoms with E-state index in [4.69, 9.17) is 9.15 Å². The van der Waals surface area contributed by atoms with Gasteiger partial charge in [0, 0.05) is 0 Å². The van der Waals surface area contributed by atoms with Gasteiger partial charge in [0.25, 0.3) is 5.91 Å². The van der Waals surface area contributed by atoms with E-state index in [0.717, 1.165) is 17.0 Å². The first-order chi connectivity index (χ1) is 14.1. The Morgan fingerprint density at radius 2 is 2.03 bits per heavy atom. The molecule has 9 nitrogen and oxygen atoms in total. The van der Waals surface area contributed by atoms with E-state index in [-0.39, 0.29) is 12.4 Å². The SMILES string of the molecule is Cc1cc(NC(=O)c2ccco2)sc1C(=O)OCc1nnnn1-c1ccccc1. The van der Waals surface area contributed by atoms with Crippen molar-refractivity contribution in [1.82, 2.24) is 20.2 Å². The Balaban J connectivity index is 1.43. The maximum absolute atomic E-state index is 12.5. The smallest absolute Gasteiger partial charge is 0.349 e. The van der Waals surface area contributed by atoms with Crippen molar-refractivity contribution in [1.29, 1.82) is 0 Å². The Hall–Kier alpha value is -3.79. The second kappa shape index (κ2) is 8.07. The van der Waals surface area contributed by atoms with Crippen molar-refractivity contribution < 1.29 is 18.7 Å². The predicted octanol–water partition coefficient (Wildman–Crippen LogP) is 3.23. The molecule has 0 aliphatic carbocycles. The number of thiophene rings is 1. The van der Waals surface area contributed by atoms with Crippen LogP contribution in [0.25, 0.3) is 5.69 Å². The van der Waals surface area contributed by atoms with Gasteiger partial charge in [-0.15, -0.1) is 16.4 Å². The summed E-state index contributed by atoms with van der Waals surface area (Å²) in [5.41, 5.74) is 1.45. The summed E-state index contributed by atoms with van der Waals surface area (Å²) in [4.78, 5) is 25.0. The molecule has 3 aromatic heterocycles. The number of amides is 1. The summed E-state index contributed by atoms with van der Waals surface area (Å²) >= 11 is 1.12. The highest BCUT2D eigenvalue weighted by Gasteiger charge is 2.19. The Morgan fingerprint density at radius 1 is 1.21 bits per heavy atom. The van der Waals surface area contributed by atoms with Crippen LogP contribution in [0.4, 0.5) is 5.00 Å². The highest BCUT2D eigenvalue weighted by molar-refractivity contribution is 7.18. The minimum Gasteiger partial charge on any atom is -0.459 e. The lowest BCUT2D eigenvalue weighted by atomic mass is 10.3. The maximum atomic E-state index is 12.5. The van der Waals surface area contributed by atoms with Crippen LogP contribution in [0, 0.1) is 6.92 Å². The van der Waals surface area contributed by atoms with Crippen molar-refractivity contribution in [2.24, 2.45) is 0 Å². The molecule has 0 spiro atoms. The fraction of sp³-hybridized carbons (Fsp3) is 0.105. The number of ether oxygens (including phenoxy) is 1. The zero-order valence-electron chi connectivity index (χ0n) is 15.2. The van der Waals surface area contributed by atoms with Crippen LogP contribution in [0.3, 0.4) is 0 Å². The van der Waals surface area contributed by atoms with Crippen molar-refractivity contribution in [3.8, 4) is 5.69 Å². The molecule has 0 unspecified atom stereocenters. The van der Waals surface area contributed by atoms with E-state index in [1.807, 2.05) is 30.3 Å². The zero-order valence-corrected chi connectivity index (χ0v) is 16.0. The molecule has 10 heteroatoms. The van der Waals surface area contributed by atoms with Crippen LogP contribution in [0.2, 0.25) is 0 Å². The topological polar surface area (TPSA) is 112 Å². The first-order valence-corrected chi connectivity index (χ1v) is 9.38. The van der Waals surface area contributed by atoms with Gasteiger partial charge in [0.05, 0.1) is 17.0 Å². The summed E-state index contributed by atoms with van der Waals surface area (Å²) in [5, 5.41) is 14.7. The quantitative estimate of drug-likeness (QED) is 0.487. The first kappa shape index (κ1) is 18.6. The number of anilines is 1. The summed E-state index contributed by atoms with van der Waals surface area (Å²) in [6, 6.07) is 14.2. The van der Waals surface area contributed by atoms with E-state index in [2.05, 4.69) is 20.8 Å². The summed E-state index contributed by atoms with van der Waals surface area (Å²) < 4.78 is 11.9. The number of tetrazole rings is 1. The monoisotopic (exact) mass is 409 g/mol. The third kappa shape index (κ3) is 4.06. The molecule has 0 saturated carbocycles. The largest absolute Gasteiger partial charge is 0.459 e. The van der Waals surface area contributed by atoms with Gasteiger partial charge in [-0.2, -0.15) is 4.68 Å². The molecule has 29 heavy (non-hydrogen) atoms. The first-order valence-electron chi connectivity index (χ1n) is 8.57. The summed E-state index contributed by atoms with van der Waals surface area (Å²) in [6.45, 7) is 1.68. The van der Waals surface area contributed by atoms with E-state index in [9.17, 15) is 9.59 Å². The number of benzene rings is 1. The van der Waals surface area contributed by atoms with Crippen molar-refractivity contribution in [3.63, 3.8) is 0 Å². The minimum absolute atomic E-state index is 0.0911. The molecule has 4 rings (SSSR count). The van der Waals surface area contributed by atoms with Crippen LogP contribution in [-0.2, 0) is 11.3 Å². The van der Waals surface area contributed by atoms with Gasteiger partial charge >= 0.3 is 5.97 Å². The molecule has 0 bridgehead atoms. The van der Waals surface area contributed by atoms with Gasteiger partial charge in [0.1, 0.15) is 4.88 Å². The number of nitrogens with one attached hydrogen (secondary N) is 1. The second-order valence-corrected chi connectivity index (χ2v) is 7.03. The van der Waals surface area contributed by atoms with Crippen LogP contribution in [0.1, 0.15) is 31.6 Å². The van der Waals surface area contributed by atoms with E-state index < -0.39 is 11.9 Å². The molecule has 1 N–H and O–H groups in total. The highest BCUT2D eigenvalue weighted by Crippen LogP contribution is 2.28.